The van der Waals surface area contributed by atoms with E-state index in [9.17, 15) is 0 Å². The average molecular weight is 143 g/mol. The van der Waals surface area contributed by atoms with Crippen molar-refractivity contribution < 1.29 is 0 Å². The summed E-state index contributed by atoms with van der Waals surface area (Å²) in [6.45, 7) is 10.0. The topological polar surface area (TPSA) is 3.24 Å². The molecule has 0 fully saturated rings. The first kappa shape index (κ1) is 12.2. The molecule has 0 unspecified atom stereocenters. The summed E-state index contributed by atoms with van der Waals surface area (Å²) in [5, 5.41) is 0. The number of hydrogen-bond acceptors (Lipinski definition) is 1. The van der Waals surface area contributed by atoms with Crippen molar-refractivity contribution in [1.82, 2.24) is 4.90 Å². The standard InChI is InChI=1S/C7H15N.C2H6/c1-5-6-7(2)8(3)4;1-2/h2,5-6H2,1,3-4H3;1-2H3. The molecule has 0 aromatic heterocycles. The van der Waals surface area contributed by atoms with Crippen LogP contribution >= 0.6 is 0 Å². The molecule has 1 nitrogen and oxygen atoms in total. The Labute approximate surface area is 65.7 Å². The Morgan fingerprint density at radius 3 is 1.80 bits per heavy atom. The molecule has 0 heterocycles. The second-order valence-corrected chi connectivity index (χ2v) is 2.21. The lowest BCUT2D eigenvalue weighted by Gasteiger charge is -2.13. The summed E-state index contributed by atoms with van der Waals surface area (Å²) in [7, 11) is 4.05. The van der Waals surface area contributed by atoms with E-state index < -0.39 is 0 Å². The van der Waals surface area contributed by atoms with E-state index in [2.05, 4.69) is 18.4 Å². The highest BCUT2D eigenvalue weighted by Gasteiger charge is 1.90. The summed E-state index contributed by atoms with van der Waals surface area (Å²) in [4.78, 5) is 2.06. The second-order valence-electron chi connectivity index (χ2n) is 2.21. The fraction of sp³-hybridized carbons (Fsp3) is 0.778. The number of allylic oxidation sites excluding steroid dienone is 1. The summed E-state index contributed by atoms with van der Waals surface area (Å²) >= 11 is 0. The molecule has 0 aromatic rings. The van der Waals surface area contributed by atoms with Crippen molar-refractivity contribution >= 4 is 0 Å². The fourth-order valence-electron chi connectivity index (χ4n) is 0.512. The number of nitrogens with zero attached hydrogens (tertiary/aromatic N) is 1. The predicted octanol–water partition coefficient (Wildman–Crippen LogP) is 2.89. The van der Waals surface area contributed by atoms with E-state index >= 15 is 0 Å². The highest BCUT2D eigenvalue weighted by atomic mass is 15.1. The van der Waals surface area contributed by atoms with Crippen LogP contribution in [0.1, 0.15) is 33.6 Å². The van der Waals surface area contributed by atoms with Crippen LogP contribution in [0.4, 0.5) is 0 Å². The average Bonchev–Trinajstić information content (AvgIpc) is 1.93. The maximum absolute atomic E-state index is 3.87. The largest absolute Gasteiger partial charge is 0.381 e. The van der Waals surface area contributed by atoms with E-state index in [1.807, 2.05) is 27.9 Å². The van der Waals surface area contributed by atoms with Crippen molar-refractivity contribution in [2.24, 2.45) is 0 Å². The van der Waals surface area contributed by atoms with Gasteiger partial charge >= 0.3 is 0 Å². The van der Waals surface area contributed by atoms with Crippen LogP contribution in [0, 0.1) is 0 Å². The van der Waals surface area contributed by atoms with Gasteiger partial charge in [0.25, 0.3) is 0 Å². The van der Waals surface area contributed by atoms with Crippen molar-refractivity contribution in [3.63, 3.8) is 0 Å². The third-order valence-electron chi connectivity index (χ3n) is 1.17. The van der Waals surface area contributed by atoms with Gasteiger partial charge < -0.3 is 4.90 Å². The van der Waals surface area contributed by atoms with Crippen molar-refractivity contribution in [1.29, 1.82) is 0 Å². The molecule has 0 amide bonds. The molecule has 0 radical (unpaired) electrons. The summed E-state index contributed by atoms with van der Waals surface area (Å²) in [5.74, 6) is 0. The van der Waals surface area contributed by atoms with E-state index in [4.69, 9.17) is 0 Å². The van der Waals surface area contributed by atoms with Crippen LogP contribution in [0.2, 0.25) is 0 Å². The minimum atomic E-state index is 1.12. The van der Waals surface area contributed by atoms with Gasteiger partial charge in [-0.2, -0.15) is 0 Å². The highest BCUT2D eigenvalue weighted by Crippen LogP contribution is 2.02. The Kier molecular flexibility index (Phi) is 10.5. The Balaban J connectivity index is 0. The van der Waals surface area contributed by atoms with E-state index in [1.165, 1.54) is 12.1 Å². The molecule has 0 aliphatic heterocycles. The van der Waals surface area contributed by atoms with Gasteiger partial charge in [0.2, 0.25) is 0 Å². The quantitative estimate of drug-likeness (QED) is 0.587. The molecule has 62 valence electrons. The molecule has 0 saturated carbocycles. The second kappa shape index (κ2) is 8.54. The SMILES string of the molecule is C=C(CCC)N(C)C.CC. The van der Waals surface area contributed by atoms with Crippen LogP contribution < -0.4 is 0 Å². The molecule has 1 heteroatoms. The van der Waals surface area contributed by atoms with Crippen LogP contribution in [0.25, 0.3) is 0 Å². The van der Waals surface area contributed by atoms with Crippen molar-refractivity contribution in [3.8, 4) is 0 Å². The molecule has 0 rings (SSSR count). The van der Waals surface area contributed by atoms with Crippen molar-refractivity contribution in [2.75, 3.05) is 14.1 Å². The van der Waals surface area contributed by atoms with Gasteiger partial charge in [0.1, 0.15) is 0 Å². The fourth-order valence-corrected chi connectivity index (χ4v) is 0.512. The molecule has 0 aliphatic carbocycles. The van der Waals surface area contributed by atoms with Gasteiger partial charge in [-0.05, 0) is 6.42 Å². The van der Waals surface area contributed by atoms with Gasteiger partial charge in [0.15, 0.2) is 0 Å². The lowest BCUT2D eigenvalue weighted by Crippen LogP contribution is -2.08. The molecule has 0 aromatic carbocycles. The molecule has 0 aliphatic rings. The zero-order valence-electron chi connectivity index (χ0n) is 8.07. The van der Waals surface area contributed by atoms with Crippen LogP contribution in [0.5, 0.6) is 0 Å². The molecule has 0 N–H and O–H groups in total. The Morgan fingerprint density at radius 1 is 1.30 bits per heavy atom. The maximum atomic E-state index is 3.87. The van der Waals surface area contributed by atoms with Crippen LogP contribution in [-0.2, 0) is 0 Å². The highest BCUT2D eigenvalue weighted by molar-refractivity contribution is 4.89. The van der Waals surface area contributed by atoms with E-state index in [0.717, 1.165) is 6.42 Å². The lowest BCUT2D eigenvalue weighted by atomic mass is 10.3. The molecule has 0 bridgehead atoms. The maximum Gasteiger partial charge on any atom is 0.00579 e. The van der Waals surface area contributed by atoms with Crippen LogP contribution in [-0.4, -0.2) is 19.0 Å². The zero-order valence-corrected chi connectivity index (χ0v) is 8.07. The van der Waals surface area contributed by atoms with Gasteiger partial charge in [-0.3, -0.25) is 0 Å². The minimum Gasteiger partial charge on any atom is -0.381 e. The summed E-state index contributed by atoms with van der Waals surface area (Å²) in [6.07, 6.45) is 2.31. The van der Waals surface area contributed by atoms with Gasteiger partial charge in [-0.15, -0.1) is 0 Å². The number of rotatable bonds is 3. The molecule has 0 atom stereocenters. The van der Waals surface area contributed by atoms with Gasteiger partial charge in [0.05, 0.1) is 0 Å². The van der Waals surface area contributed by atoms with Gasteiger partial charge in [-0.1, -0.05) is 33.8 Å². The number of hydrogen-bond donors (Lipinski definition) is 0. The Morgan fingerprint density at radius 2 is 1.70 bits per heavy atom. The third kappa shape index (κ3) is 7.54. The van der Waals surface area contributed by atoms with Crippen LogP contribution in [0.15, 0.2) is 12.3 Å². The summed E-state index contributed by atoms with van der Waals surface area (Å²) in [6, 6.07) is 0. The minimum absolute atomic E-state index is 1.12. The molecule has 0 saturated heterocycles. The molecular weight excluding hydrogens is 122 g/mol. The smallest absolute Gasteiger partial charge is 0.00579 e. The zero-order chi connectivity index (χ0) is 8.57. The monoisotopic (exact) mass is 143 g/mol. The van der Waals surface area contributed by atoms with Crippen LogP contribution in [0.3, 0.4) is 0 Å². The summed E-state index contributed by atoms with van der Waals surface area (Å²) in [5.41, 5.74) is 1.22. The third-order valence-corrected chi connectivity index (χ3v) is 1.17. The normalized spacial score (nSPS) is 7.70. The first-order valence-corrected chi connectivity index (χ1v) is 4.03. The molecule has 10 heavy (non-hydrogen) atoms. The molecule has 0 spiro atoms. The van der Waals surface area contributed by atoms with Gasteiger partial charge in [-0.25, -0.2) is 0 Å². The van der Waals surface area contributed by atoms with E-state index in [1.54, 1.807) is 0 Å². The predicted molar refractivity (Wildman–Crippen MR) is 49.1 cm³/mol. The summed E-state index contributed by atoms with van der Waals surface area (Å²) < 4.78 is 0. The first-order chi connectivity index (χ1) is 4.68. The van der Waals surface area contributed by atoms with Gasteiger partial charge in [0, 0.05) is 19.8 Å². The van der Waals surface area contributed by atoms with Crippen molar-refractivity contribution in [2.45, 2.75) is 33.6 Å². The Bertz CT molecular complexity index is 74.8. The van der Waals surface area contributed by atoms with E-state index in [-0.39, 0.29) is 0 Å². The first-order valence-electron chi connectivity index (χ1n) is 4.03. The molecular formula is C9H21N. The van der Waals surface area contributed by atoms with E-state index in [0.29, 0.717) is 0 Å². The van der Waals surface area contributed by atoms with Crippen molar-refractivity contribution in [3.05, 3.63) is 12.3 Å². The lowest BCUT2D eigenvalue weighted by molar-refractivity contribution is 0.487. The Hall–Kier alpha value is -0.460.